The molecule has 152 valence electrons. The van der Waals surface area contributed by atoms with Gasteiger partial charge in [0.05, 0.1) is 5.69 Å². The first kappa shape index (κ1) is 19.2. The number of amides is 2. The zero-order valence-electron chi connectivity index (χ0n) is 17.0. The Labute approximate surface area is 170 Å². The van der Waals surface area contributed by atoms with E-state index in [1.165, 1.54) is 0 Å². The van der Waals surface area contributed by atoms with Gasteiger partial charge in [0, 0.05) is 68.3 Å². The van der Waals surface area contributed by atoms with Crippen LogP contribution in [0.1, 0.15) is 32.6 Å². The van der Waals surface area contributed by atoms with Crippen molar-refractivity contribution in [3.05, 3.63) is 36.5 Å². The minimum absolute atomic E-state index is 0.0260. The zero-order chi connectivity index (χ0) is 20.4. The molecule has 1 N–H and O–H groups in total. The lowest BCUT2D eigenvalue weighted by Gasteiger charge is -2.27. The summed E-state index contributed by atoms with van der Waals surface area (Å²) >= 11 is 0. The predicted molar refractivity (Wildman–Crippen MR) is 114 cm³/mol. The van der Waals surface area contributed by atoms with Gasteiger partial charge in [-0.15, -0.1) is 0 Å². The van der Waals surface area contributed by atoms with Crippen LogP contribution in [0, 0.1) is 0 Å². The quantitative estimate of drug-likeness (QED) is 0.700. The molecule has 4 rings (SSSR count). The normalized spacial score (nSPS) is 13.5. The lowest BCUT2D eigenvalue weighted by atomic mass is 10.1. The highest BCUT2D eigenvalue weighted by molar-refractivity contribution is 5.98. The molecule has 2 amide bonds. The lowest BCUT2D eigenvalue weighted by molar-refractivity contribution is -0.125. The molecule has 7 heteroatoms. The van der Waals surface area contributed by atoms with E-state index in [4.69, 9.17) is 5.10 Å². The third kappa shape index (κ3) is 3.77. The van der Waals surface area contributed by atoms with Gasteiger partial charge in [0.2, 0.25) is 11.8 Å². The standard InChI is InChI=1S/C22H27N5O2/c1-3-11-23-20(28)9-10-22(29)26-12-6-13-27-21(26)14-18(24-27)17-15-25(2)19-8-5-4-7-16(17)19/h4-5,7-8,14-15H,3,6,9-13H2,1-2H3,(H,23,28). The van der Waals surface area contributed by atoms with E-state index in [9.17, 15) is 9.59 Å². The van der Waals surface area contributed by atoms with Crippen LogP contribution in [0.5, 0.6) is 0 Å². The molecule has 0 fully saturated rings. The monoisotopic (exact) mass is 393 g/mol. The number of hydrogen-bond donors (Lipinski definition) is 1. The van der Waals surface area contributed by atoms with Crippen LogP contribution >= 0.6 is 0 Å². The molecule has 1 aliphatic rings. The highest BCUT2D eigenvalue weighted by atomic mass is 16.2. The van der Waals surface area contributed by atoms with Gasteiger partial charge in [0.15, 0.2) is 0 Å². The fourth-order valence-corrected chi connectivity index (χ4v) is 3.92. The number of fused-ring (bicyclic) bond motifs is 2. The van der Waals surface area contributed by atoms with E-state index in [-0.39, 0.29) is 24.7 Å². The topological polar surface area (TPSA) is 72.2 Å². The van der Waals surface area contributed by atoms with Crippen molar-refractivity contribution in [3.8, 4) is 11.3 Å². The average molecular weight is 393 g/mol. The molecule has 0 aliphatic carbocycles. The van der Waals surface area contributed by atoms with Crippen LogP contribution in [0.3, 0.4) is 0 Å². The first-order valence-electron chi connectivity index (χ1n) is 10.3. The van der Waals surface area contributed by atoms with Crippen LogP contribution in [0.4, 0.5) is 5.82 Å². The Morgan fingerprint density at radius 2 is 2.00 bits per heavy atom. The Morgan fingerprint density at radius 1 is 1.17 bits per heavy atom. The van der Waals surface area contributed by atoms with Crippen molar-refractivity contribution >= 4 is 28.5 Å². The molecule has 3 aromatic rings. The molecule has 3 heterocycles. The van der Waals surface area contributed by atoms with Crippen molar-refractivity contribution < 1.29 is 9.59 Å². The maximum absolute atomic E-state index is 12.8. The van der Waals surface area contributed by atoms with Gasteiger partial charge in [-0.3, -0.25) is 14.5 Å². The summed E-state index contributed by atoms with van der Waals surface area (Å²) in [5.74, 6) is 0.724. The highest BCUT2D eigenvalue weighted by Gasteiger charge is 2.26. The Hall–Kier alpha value is -3.09. The maximum atomic E-state index is 12.8. The molecule has 0 atom stereocenters. The van der Waals surface area contributed by atoms with Crippen molar-refractivity contribution in [1.29, 1.82) is 0 Å². The number of benzene rings is 1. The van der Waals surface area contributed by atoms with E-state index in [1.54, 1.807) is 4.90 Å². The Balaban J connectivity index is 1.56. The number of rotatable bonds is 6. The van der Waals surface area contributed by atoms with E-state index >= 15 is 0 Å². The van der Waals surface area contributed by atoms with E-state index < -0.39 is 0 Å². The van der Waals surface area contributed by atoms with Gasteiger partial charge in [-0.1, -0.05) is 25.1 Å². The summed E-state index contributed by atoms with van der Waals surface area (Å²) < 4.78 is 4.01. The molecular weight excluding hydrogens is 366 g/mol. The van der Waals surface area contributed by atoms with Crippen molar-refractivity contribution in [2.24, 2.45) is 7.05 Å². The largest absolute Gasteiger partial charge is 0.356 e. The van der Waals surface area contributed by atoms with Crippen LogP contribution in [0.15, 0.2) is 36.5 Å². The molecular formula is C22H27N5O2. The Bertz CT molecular complexity index is 1050. The summed E-state index contributed by atoms with van der Waals surface area (Å²) in [5, 5.41) is 8.76. The molecule has 29 heavy (non-hydrogen) atoms. The lowest BCUT2D eigenvalue weighted by Crippen LogP contribution is -2.38. The van der Waals surface area contributed by atoms with Crippen LogP contribution in [0.25, 0.3) is 22.2 Å². The zero-order valence-corrected chi connectivity index (χ0v) is 17.0. The van der Waals surface area contributed by atoms with Crippen molar-refractivity contribution in [1.82, 2.24) is 19.7 Å². The first-order valence-corrected chi connectivity index (χ1v) is 10.3. The third-order valence-electron chi connectivity index (χ3n) is 5.40. The smallest absolute Gasteiger partial charge is 0.228 e. The van der Waals surface area contributed by atoms with Crippen molar-refractivity contribution in [3.63, 3.8) is 0 Å². The minimum Gasteiger partial charge on any atom is -0.356 e. The van der Waals surface area contributed by atoms with Gasteiger partial charge < -0.3 is 9.88 Å². The van der Waals surface area contributed by atoms with E-state index in [2.05, 4.69) is 28.2 Å². The summed E-state index contributed by atoms with van der Waals surface area (Å²) in [6.07, 6.45) is 4.27. The Kier molecular flexibility index (Phi) is 5.38. The Morgan fingerprint density at radius 3 is 2.83 bits per heavy atom. The van der Waals surface area contributed by atoms with Crippen LogP contribution in [-0.2, 0) is 23.2 Å². The number of anilines is 1. The van der Waals surface area contributed by atoms with Gasteiger partial charge in [-0.25, -0.2) is 4.68 Å². The molecule has 2 aromatic heterocycles. The summed E-state index contributed by atoms with van der Waals surface area (Å²) in [7, 11) is 2.03. The molecule has 7 nitrogen and oxygen atoms in total. The molecule has 0 spiro atoms. The average Bonchev–Trinajstić information content (AvgIpc) is 3.31. The van der Waals surface area contributed by atoms with Crippen molar-refractivity contribution in [2.45, 2.75) is 39.2 Å². The van der Waals surface area contributed by atoms with Crippen molar-refractivity contribution in [2.75, 3.05) is 18.0 Å². The second-order valence-electron chi connectivity index (χ2n) is 7.53. The van der Waals surface area contributed by atoms with Gasteiger partial charge in [-0.05, 0) is 18.9 Å². The predicted octanol–water partition coefficient (Wildman–Crippen LogP) is 3.08. The minimum atomic E-state index is -0.0674. The molecule has 1 aromatic carbocycles. The third-order valence-corrected chi connectivity index (χ3v) is 5.40. The van der Waals surface area contributed by atoms with Crippen LogP contribution in [-0.4, -0.2) is 39.3 Å². The van der Waals surface area contributed by atoms with Gasteiger partial charge >= 0.3 is 0 Å². The second kappa shape index (κ2) is 8.11. The van der Waals surface area contributed by atoms with E-state index in [1.807, 2.05) is 36.9 Å². The number of hydrogen-bond acceptors (Lipinski definition) is 3. The number of carbonyl (C=O) groups excluding carboxylic acids is 2. The fourth-order valence-electron chi connectivity index (χ4n) is 3.92. The second-order valence-corrected chi connectivity index (χ2v) is 7.53. The number of nitrogens with zero attached hydrogens (tertiary/aromatic N) is 4. The number of carbonyl (C=O) groups is 2. The maximum Gasteiger partial charge on any atom is 0.228 e. The molecule has 0 bridgehead atoms. The van der Waals surface area contributed by atoms with E-state index in [0.717, 1.165) is 47.4 Å². The number of aryl methyl sites for hydroxylation is 2. The number of nitrogens with one attached hydrogen (secondary N) is 1. The van der Waals surface area contributed by atoms with Gasteiger partial charge in [0.1, 0.15) is 5.82 Å². The fraction of sp³-hybridized carbons (Fsp3) is 0.409. The molecule has 0 saturated heterocycles. The molecule has 0 saturated carbocycles. The molecule has 1 aliphatic heterocycles. The van der Waals surface area contributed by atoms with Gasteiger partial charge in [0.25, 0.3) is 0 Å². The van der Waals surface area contributed by atoms with Gasteiger partial charge in [-0.2, -0.15) is 5.10 Å². The van der Waals surface area contributed by atoms with Crippen LogP contribution < -0.4 is 10.2 Å². The summed E-state index contributed by atoms with van der Waals surface area (Å²) in [4.78, 5) is 26.4. The highest BCUT2D eigenvalue weighted by Crippen LogP contribution is 2.33. The first-order chi connectivity index (χ1) is 14.1. The SMILES string of the molecule is CCCNC(=O)CCC(=O)N1CCCn2nc(-c3cn(C)c4ccccc34)cc21. The number of aromatic nitrogens is 3. The molecule has 0 radical (unpaired) electrons. The summed E-state index contributed by atoms with van der Waals surface area (Å²) in [6, 6.07) is 10.2. The summed E-state index contributed by atoms with van der Waals surface area (Å²) in [5.41, 5.74) is 3.09. The van der Waals surface area contributed by atoms with Crippen LogP contribution in [0.2, 0.25) is 0 Å². The molecule has 0 unspecified atom stereocenters. The summed E-state index contributed by atoms with van der Waals surface area (Å²) in [6.45, 7) is 4.11. The number of para-hydroxylation sites is 1. The van der Waals surface area contributed by atoms with E-state index in [0.29, 0.717) is 13.1 Å².